The number of halogens is 2. The van der Waals surface area contributed by atoms with Crippen molar-refractivity contribution < 1.29 is 23.4 Å². The molecule has 31 heavy (non-hydrogen) atoms. The van der Waals surface area contributed by atoms with E-state index in [-0.39, 0.29) is 34.8 Å². The SMILES string of the molecule is CC(C)N/C(=C\C(=N)c1cnc(N)c(OC(F)F)c1)[C@]12C3[C@@H]1[C@@H]2C[C@H]3OCC(C)(C)O. The molecule has 0 aromatic carbocycles. The highest BCUT2D eigenvalue weighted by atomic mass is 19.3. The standard InChI is InChI=1S/C22H30F2N4O3/c1-10(2)28-16(7-13(25)11-5-15(31-20(23)24)19(26)27-8-11)22-12-6-14(18(22)17(12)22)30-9-21(3,4)29/h5,7-8,10,12,14,17-18,20,25,28-29H,6,9H2,1-4H3,(H2,26,27)/b16-7-,25-13?/t12-,14+,17-,18?,22-/m0/s1. The molecule has 170 valence electrons. The van der Waals surface area contributed by atoms with Crippen LogP contribution in [0.5, 0.6) is 5.75 Å². The number of anilines is 1. The third-order valence-corrected chi connectivity index (χ3v) is 6.46. The zero-order valence-corrected chi connectivity index (χ0v) is 18.2. The molecule has 1 aromatic rings. The molecule has 0 aliphatic heterocycles. The molecule has 2 bridgehead atoms. The van der Waals surface area contributed by atoms with E-state index in [2.05, 4.69) is 15.0 Å². The zero-order valence-electron chi connectivity index (χ0n) is 18.2. The summed E-state index contributed by atoms with van der Waals surface area (Å²) in [5, 5.41) is 22.0. The first-order valence-corrected chi connectivity index (χ1v) is 10.6. The number of fused-ring (bicyclic) bond motifs is 1. The van der Waals surface area contributed by atoms with E-state index in [1.807, 2.05) is 13.8 Å². The Bertz CT molecular complexity index is 909. The number of nitrogen functional groups attached to an aromatic ring is 1. The first-order chi connectivity index (χ1) is 14.4. The Labute approximate surface area is 180 Å². The minimum atomic E-state index is -3.02. The number of nitrogens with one attached hydrogen (secondary N) is 2. The highest BCUT2D eigenvalue weighted by Crippen LogP contribution is 2.93. The fraction of sp³-hybridized carbons (Fsp3) is 0.636. The molecule has 0 radical (unpaired) electrons. The topological polar surface area (TPSA) is 113 Å². The van der Waals surface area contributed by atoms with Crippen LogP contribution in [0.15, 0.2) is 24.0 Å². The smallest absolute Gasteiger partial charge is 0.387 e. The van der Waals surface area contributed by atoms with Crippen molar-refractivity contribution in [3.63, 3.8) is 0 Å². The maximum atomic E-state index is 12.6. The number of alkyl halides is 2. The summed E-state index contributed by atoms with van der Waals surface area (Å²) in [7, 11) is 0. The summed E-state index contributed by atoms with van der Waals surface area (Å²) in [6.45, 7) is 4.81. The molecule has 5 rings (SSSR count). The highest BCUT2D eigenvalue weighted by molar-refractivity contribution is 6.07. The Balaban J connectivity index is 1.53. The molecule has 5 N–H and O–H groups in total. The molecule has 5 atom stereocenters. The van der Waals surface area contributed by atoms with E-state index >= 15 is 0 Å². The third kappa shape index (κ3) is 3.89. The van der Waals surface area contributed by atoms with Crippen LogP contribution in [-0.4, -0.2) is 46.8 Å². The van der Waals surface area contributed by atoms with Crippen molar-refractivity contribution in [3.8, 4) is 5.75 Å². The number of pyridine rings is 1. The molecular weight excluding hydrogens is 406 g/mol. The Kier molecular flexibility index (Phi) is 5.25. The molecule has 4 fully saturated rings. The predicted molar refractivity (Wildman–Crippen MR) is 112 cm³/mol. The first kappa shape index (κ1) is 22.0. The van der Waals surface area contributed by atoms with Crippen molar-refractivity contribution in [2.45, 2.75) is 58.5 Å². The van der Waals surface area contributed by atoms with Gasteiger partial charge in [0.05, 0.1) is 24.0 Å². The lowest BCUT2D eigenvalue weighted by Gasteiger charge is -2.22. The molecular formula is C22H30F2N4O3. The van der Waals surface area contributed by atoms with Gasteiger partial charge in [0.1, 0.15) is 0 Å². The average Bonchev–Trinajstić information content (AvgIpc) is 3.39. The van der Waals surface area contributed by atoms with Crippen molar-refractivity contribution in [2.24, 2.45) is 23.2 Å². The maximum Gasteiger partial charge on any atom is 0.387 e. The maximum absolute atomic E-state index is 12.6. The first-order valence-electron chi connectivity index (χ1n) is 10.6. The fourth-order valence-corrected chi connectivity index (χ4v) is 5.30. The van der Waals surface area contributed by atoms with Gasteiger partial charge in [0.2, 0.25) is 0 Å². The van der Waals surface area contributed by atoms with Crippen molar-refractivity contribution >= 4 is 11.5 Å². The molecule has 7 nitrogen and oxygen atoms in total. The van der Waals surface area contributed by atoms with Crippen LogP contribution in [0.2, 0.25) is 0 Å². The predicted octanol–water partition coefficient (Wildman–Crippen LogP) is 2.94. The minimum absolute atomic E-state index is 0.00955. The number of aliphatic hydroxyl groups is 1. The zero-order chi connectivity index (χ0) is 22.7. The number of aromatic nitrogens is 1. The Morgan fingerprint density at radius 2 is 2.16 bits per heavy atom. The van der Waals surface area contributed by atoms with Crippen LogP contribution in [0.3, 0.4) is 0 Å². The fourth-order valence-electron chi connectivity index (χ4n) is 5.30. The Morgan fingerprint density at radius 1 is 1.45 bits per heavy atom. The van der Waals surface area contributed by atoms with Crippen LogP contribution in [0.25, 0.3) is 0 Å². The van der Waals surface area contributed by atoms with E-state index in [9.17, 15) is 13.9 Å². The Morgan fingerprint density at radius 3 is 2.74 bits per heavy atom. The third-order valence-electron chi connectivity index (χ3n) is 6.46. The molecule has 1 heterocycles. The van der Waals surface area contributed by atoms with Gasteiger partial charge in [-0.3, -0.25) is 0 Å². The summed E-state index contributed by atoms with van der Waals surface area (Å²) >= 11 is 0. The van der Waals surface area contributed by atoms with Crippen LogP contribution in [0.1, 0.15) is 39.7 Å². The van der Waals surface area contributed by atoms with E-state index in [0.717, 1.165) is 12.1 Å². The van der Waals surface area contributed by atoms with Gasteiger partial charge < -0.3 is 31.0 Å². The van der Waals surface area contributed by atoms with Gasteiger partial charge in [-0.2, -0.15) is 8.78 Å². The summed E-state index contributed by atoms with van der Waals surface area (Å²) in [5.41, 5.74) is 6.21. The monoisotopic (exact) mass is 436 g/mol. The summed E-state index contributed by atoms with van der Waals surface area (Å²) in [5.74, 6) is 1.04. The number of ether oxygens (including phenoxy) is 2. The second kappa shape index (κ2) is 7.41. The van der Waals surface area contributed by atoms with E-state index in [0.29, 0.717) is 29.9 Å². The molecule has 0 saturated heterocycles. The van der Waals surface area contributed by atoms with Crippen molar-refractivity contribution in [1.82, 2.24) is 10.3 Å². The van der Waals surface area contributed by atoms with E-state index in [4.69, 9.17) is 15.9 Å². The molecule has 9 heteroatoms. The second-order valence-corrected chi connectivity index (χ2v) is 9.75. The lowest BCUT2D eigenvalue weighted by molar-refractivity contribution is -0.0549. The lowest BCUT2D eigenvalue weighted by Crippen LogP contribution is -2.30. The molecule has 0 amide bonds. The van der Waals surface area contributed by atoms with Gasteiger partial charge in [0, 0.05) is 34.8 Å². The summed E-state index contributed by atoms with van der Waals surface area (Å²) in [4.78, 5) is 3.90. The highest BCUT2D eigenvalue weighted by Gasteiger charge is 2.93. The molecule has 0 spiro atoms. The van der Waals surface area contributed by atoms with E-state index in [1.165, 1.54) is 12.3 Å². The van der Waals surface area contributed by atoms with Crippen molar-refractivity contribution in [1.29, 1.82) is 5.41 Å². The summed E-state index contributed by atoms with van der Waals surface area (Å²) in [6.07, 6.45) is 4.21. The van der Waals surface area contributed by atoms with Crippen molar-refractivity contribution in [3.05, 3.63) is 29.6 Å². The number of hydrogen-bond donors (Lipinski definition) is 4. The minimum Gasteiger partial charge on any atom is -0.431 e. The van der Waals surface area contributed by atoms with Gasteiger partial charge in [-0.15, -0.1) is 0 Å². The van der Waals surface area contributed by atoms with Crippen LogP contribution < -0.4 is 15.8 Å². The normalized spacial score (nSPS) is 31.1. The average molecular weight is 437 g/mol. The van der Waals surface area contributed by atoms with Crippen LogP contribution >= 0.6 is 0 Å². The molecule has 4 saturated carbocycles. The van der Waals surface area contributed by atoms with Crippen molar-refractivity contribution in [2.75, 3.05) is 12.3 Å². The summed E-state index contributed by atoms with van der Waals surface area (Å²) < 4.78 is 35.7. The number of nitrogens with zero attached hydrogens (tertiary/aromatic N) is 1. The van der Waals surface area contributed by atoms with Crippen LogP contribution in [-0.2, 0) is 4.74 Å². The molecule has 1 aromatic heterocycles. The number of rotatable bonds is 10. The largest absolute Gasteiger partial charge is 0.431 e. The van der Waals surface area contributed by atoms with Gasteiger partial charge in [-0.25, -0.2) is 4.98 Å². The van der Waals surface area contributed by atoms with Gasteiger partial charge in [0.25, 0.3) is 0 Å². The van der Waals surface area contributed by atoms with Gasteiger partial charge >= 0.3 is 6.61 Å². The van der Waals surface area contributed by atoms with Crippen LogP contribution in [0.4, 0.5) is 14.6 Å². The molecule has 1 unspecified atom stereocenters. The lowest BCUT2D eigenvalue weighted by atomic mass is 9.98. The molecule has 4 aliphatic carbocycles. The van der Waals surface area contributed by atoms with Crippen LogP contribution in [0, 0.1) is 28.6 Å². The second-order valence-electron chi connectivity index (χ2n) is 9.75. The van der Waals surface area contributed by atoms with E-state index < -0.39 is 12.2 Å². The number of hydrogen-bond acceptors (Lipinski definition) is 7. The Hall–Kier alpha value is -2.26. The van der Waals surface area contributed by atoms with E-state index in [1.54, 1.807) is 19.9 Å². The van der Waals surface area contributed by atoms with Gasteiger partial charge in [-0.1, -0.05) is 0 Å². The van der Waals surface area contributed by atoms with Gasteiger partial charge in [-0.05, 0) is 58.1 Å². The van der Waals surface area contributed by atoms with Gasteiger partial charge in [0.15, 0.2) is 11.6 Å². The number of allylic oxidation sites excluding steroid dienone is 2. The quantitative estimate of drug-likeness (QED) is 0.420. The summed E-state index contributed by atoms with van der Waals surface area (Å²) in [6, 6.07) is 1.49. The number of nitrogens with two attached hydrogens (primary N) is 1. The molecule has 4 aliphatic rings.